The number of nitrogens with one attached hydrogen (secondary N) is 1. The lowest BCUT2D eigenvalue weighted by Crippen LogP contribution is -2.50. The second-order valence-corrected chi connectivity index (χ2v) is 7.61. The topological polar surface area (TPSA) is 32.3 Å². The third-order valence-electron chi connectivity index (χ3n) is 6.25. The van der Waals surface area contributed by atoms with Crippen LogP contribution in [0.2, 0.25) is 0 Å². The summed E-state index contributed by atoms with van der Waals surface area (Å²) in [7, 11) is 0. The maximum absolute atomic E-state index is 12.8. The number of hydrogen-bond donors (Lipinski definition) is 1. The first-order chi connectivity index (χ1) is 10.3. The molecular formula is C18H32N2O. The molecule has 0 aromatic heterocycles. The van der Waals surface area contributed by atoms with Crippen LogP contribution in [0.5, 0.6) is 0 Å². The minimum atomic E-state index is 0.456. The van der Waals surface area contributed by atoms with Crippen LogP contribution < -0.4 is 5.32 Å². The van der Waals surface area contributed by atoms with E-state index in [1.165, 1.54) is 51.4 Å². The Kier molecular flexibility index (Phi) is 5.20. The molecule has 0 aromatic rings. The van der Waals surface area contributed by atoms with E-state index in [9.17, 15) is 4.79 Å². The van der Waals surface area contributed by atoms with Crippen molar-refractivity contribution in [2.24, 2.45) is 17.8 Å². The van der Waals surface area contributed by atoms with Crippen LogP contribution >= 0.6 is 0 Å². The van der Waals surface area contributed by atoms with Crippen LogP contribution in [0, 0.1) is 17.8 Å². The lowest BCUT2D eigenvalue weighted by Gasteiger charge is -2.44. The third-order valence-corrected chi connectivity index (χ3v) is 6.25. The van der Waals surface area contributed by atoms with Gasteiger partial charge in [-0.3, -0.25) is 4.79 Å². The Morgan fingerprint density at radius 2 is 1.81 bits per heavy atom. The predicted molar refractivity (Wildman–Crippen MR) is 86.1 cm³/mol. The summed E-state index contributed by atoms with van der Waals surface area (Å²) < 4.78 is 0. The molecule has 3 atom stereocenters. The second kappa shape index (κ2) is 7.13. The zero-order valence-corrected chi connectivity index (χ0v) is 13.7. The van der Waals surface area contributed by atoms with Crippen molar-refractivity contribution in [2.75, 3.05) is 19.6 Å². The van der Waals surface area contributed by atoms with E-state index in [-0.39, 0.29) is 0 Å². The summed E-state index contributed by atoms with van der Waals surface area (Å²) in [6.45, 7) is 5.60. The summed E-state index contributed by atoms with van der Waals surface area (Å²) in [6, 6.07) is 0.584. The molecule has 0 bridgehead atoms. The summed E-state index contributed by atoms with van der Waals surface area (Å²) in [5, 5.41) is 3.43. The Hall–Kier alpha value is -0.570. The molecule has 3 unspecified atom stereocenters. The molecule has 3 rings (SSSR count). The molecule has 0 spiro atoms. The Balaban J connectivity index is 1.56. The summed E-state index contributed by atoms with van der Waals surface area (Å²) in [5.41, 5.74) is 0. The van der Waals surface area contributed by atoms with E-state index in [1.807, 2.05) is 0 Å². The average Bonchev–Trinajstić information content (AvgIpc) is 2.55. The summed E-state index contributed by atoms with van der Waals surface area (Å²) >= 11 is 0. The number of amides is 1. The van der Waals surface area contributed by atoms with Gasteiger partial charge in [-0.2, -0.15) is 0 Å². The molecule has 2 heterocycles. The molecular weight excluding hydrogens is 260 g/mol. The lowest BCUT2D eigenvalue weighted by molar-refractivity contribution is -0.139. The van der Waals surface area contributed by atoms with Crippen LogP contribution in [-0.4, -0.2) is 36.5 Å². The van der Waals surface area contributed by atoms with Crippen LogP contribution in [0.1, 0.15) is 64.7 Å². The van der Waals surface area contributed by atoms with Crippen molar-refractivity contribution >= 4 is 5.91 Å². The Morgan fingerprint density at radius 1 is 1.10 bits per heavy atom. The molecule has 1 aliphatic carbocycles. The normalized spacial score (nSPS) is 32.5. The number of likely N-dealkylation sites (tertiary alicyclic amines) is 1. The largest absolute Gasteiger partial charge is 0.339 e. The van der Waals surface area contributed by atoms with Crippen LogP contribution in [0.3, 0.4) is 0 Å². The number of carbonyl (C=O) groups is 1. The smallest absolute Gasteiger partial charge is 0.223 e. The van der Waals surface area contributed by atoms with Gasteiger partial charge < -0.3 is 10.2 Å². The van der Waals surface area contributed by atoms with Gasteiger partial charge in [0.25, 0.3) is 0 Å². The first kappa shape index (κ1) is 15.3. The van der Waals surface area contributed by atoms with E-state index in [0.717, 1.165) is 37.9 Å². The van der Waals surface area contributed by atoms with Crippen LogP contribution in [0.4, 0.5) is 0 Å². The van der Waals surface area contributed by atoms with Gasteiger partial charge in [0.2, 0.25) is 5.91 Å². The van der Waals surface area contributed by atoms with Gasteiger partial charge in [-0.25, -0.2) is 0 Å². The number of rotatable bonds is 3. The van der Waals surface area contributed by atoms with E-state index in [2.05, 4.69) is 17.1 Å². The number of fused-ring (bicyclic) bond motifs is 1. The quantitative estimate of drug-likeness (QED) is 0.866. The average molecular weight is 292 g/mol. The van der Waals surface area contributed by atoms with Gasteiger partial charge in [-0.05, 0) is 69.4 Å². The van der Waals surface area contributed by atoms with Crippen molar-refractivity contribution in [3.8, 4) is 0 Å². The summed E-state index contributed by atoms with van der Waals surface area (Å²) in [5.74, 6) is 2.58. The van der Waals surface area contributed by atoms with Crippen molar-refractivity contribution in [3.63, 3.8) is 0 Å². The van der Waals surface area contributed by atoms with Crippen LogP contribution in [0.15, 0.2) is 0 Å². The first-order valence-corrected chi connectivity index (χ1v) is 9.26. The van der Waals surface area contributed by atoms with E-state index < -0.39 is 0 Å². The molecule has 3 nitrogen and oxygen atoms in total. The molecule has 2 saturated heterocycles. The molecule has 2 aliphatic heterocycles. The highest BCUT2D eigenvalue weighted by molar-refractivity contribution is 5.77. The number of hydrogen-bond acceptors (Lipinski definition) is 2. The molecule has 120 valence electrons. The van der Waals surface area contributed by atoms with E-state index in [1.54, 1.807) is 0 Å². The molecule has 1 N–H and O–H groups in total. The van der Waals surface area contributed by atoms with E-state index in [0.29, 0.717) is 17.9 Å². The van der Waals surface area contributed by atoms with E-state index in [4.69, 9.17) is 0 Å². The minimum absolute atomic E-state index is 0.456. The highest BCUT2D eigenvalue weighted by Gasteiger charge is 2.36. The van der Waals surface area contributed by atoms with Gasteiger partial charge in [0.15, 0.2) is 0 Å². The van der Waals surface area contributed by atoms with Gasteiger partial charge in [-0.1, -0.05) is 19.8 Å². The lowest BCUT2D eigenvalue weighted by atomic mass is 9.77. The fourth-order valence-corrected chi connectivity index (χ4v) is 4.91. The van der Waals surface area contributed by atoms with Crippen molar-refractivity contribution in [1.82, 2.24) is 10.2 Å². The fourth-order valence-electron chi connectivity index (χ4n) is 4.91. The SMILES string of the molecule is CC(CC(=O)N1CCCC2CCCCC21)C1CCNCC1. The molecule has 3 aliphatic rings. The Bertz CT molecular complexity index is 349. The monoisotopic (exact) mass is 292 g/mol. The van der Waals surface area contributed by atoms with Gasteiger partial charge in [0.05, 0.1) is 0 Å². The highest BCUT2D eigenvalue weighted by atomic mass is 16.2. The molecule has 3 fully saturated rings. The maximum Gasteiger partial charge on any atom is 0.223 e. The van der Waals surface area contributed by atoms with Crippen molar-refractivity contribution < 1.29 is 4.79 Å². The number of carbonyl (C=O) groups excluding carboxylic acids is 1. The predicted octanol–water partition coefficient (Wildman–Crippen LogP) is 3.19. The van der Waals surface area contributed by atoms with Crippen LogP contribution in [0.25, 0.3) is 0 Å². The molecule has 3 heteroatoms. The zero-order chi connectivity index (χ0) is 14.7. The number of nitrogens with zero attached hydrogens (tertiary/aromatic N) is 1. The first-order valence-electron chi connectivity index (χ1n) is 9.26. The molecule has 0 aromatic carbocycles. The summed E-state index contributed by atoms with van der Waals surface area (Å²) in [4.78, 5) is 15.1. The van der Waals surface area contributed by atoms with Gasteiger partial charge in [-0.15, -0.1) is 0 Å². The Morgan fingerprint density at radius 3 is 2.62 bits per heavy atom. The third kappa shape index (κ3) is 3.61. The second-order valence-electron chi connectivity index (χ2n) is 7.61. The molecule has 0 radical (unpaired) electrons. The highest BCUT2D eigenvalue weighted by Crippen LogP contribution is 2.36. The fraction of sp³-hybridized carbons (Fsp3) is 0.944. The van der Waals surface area contributed by atoms with Crippen molar-refractivity contribution in [1.29, 1.82) is 0 Å². The molecule has 1 saturated carbocycles. The maximum atomic E-state index is 12.8. The van der Waals surface area contributed by atoms with Gasteiger partial charge in [0.1, 0.15) is 0 Å². The molecule has 21 heavy (non-hydrogen) atoms. The molecule has 1 amide bonds. The van der Waals surface area contributed by atoms with Gasteiger partial charge in [0, 0.05) is 19.0 Å². The van der Waals surface area contributed by atoms with Crippen LogP contribution in [-0.2, 0) is 4.79 Å². The summed E-state index contributed by atoms with van der Waals surface area (Å²) in [6.07, 6.45) is 11.2. The van der Waals surface area contributed by atoms with Gasteiger partial charge >= 0.3 is 0 Å². The number of piperidine rings is 2. The van der Waals surface area contributed by atoms with Crippen molar-refractivity contribution in [3.05, 3.63) is 0 Å². The standard InChI is InChI=1S/C18H32N2O/c1-14(15-8-10-19-11-9-15)13-18(21)20-12-4-6-16-5-2-3-7-17(16)20/h14-17,19H,2-13H2,1H3. The minimum Gasteiger partial charge on any atom is -0.339 e. The Labute approximate surface area is 129 Å². The van der Waals surface area contributed by atoms with E-state index >= 15 is 0 Å². The zero-order valence-electron chi connectivity index (χ0n) is 13.7. The van der Waals surface area contributed by atoms with Crippen molar-refractivity contribution in [2.45, 2.75) is 70.8 Å².